The largest absolute Gasteiger partial charge is 0.361 e. The van der Waals surface area contributed by atoms with Crippen molar-refractivity contribution in [3.05, 3.63) is 46.8 Å². The van der Waals surface area contributed by atoms with Crippen molar-refractivity contribution in [2.24, 2.45) is 0 Å². The first-order chi connectivity index (χ1) is 11.2. The van der Waals surface area contributed by atoms with Crippen LogP contribution in [0.3, 0.4) is 0 Å². The van der Waals surface area contributed by atoms with Crippen molar-refractivity contribution >= 4 is 23.4 Å². The first-order valence-electron chi connectivity index (χ1n) is 8.04. The van der Waals surface area contributed by atoms with Gasteiger partial charge in [-0.3, -0.25) is 4.79 Å². The van der Waals surface area contributed by atoms with Gasteiger partial charge in [-0.2, -0.15) is 0 Å². The Balaban J connectivity index is 1.64. The summed E-state index contributed by atoms with van der Waals surface area (Å²) >= 11 is 1.63. The Morgan fingerprint density at radius 1 is 1.30 bits per heavy atom. The molecule has 5 heteroatoms. The number of benzene rings is 1. The summed E-state index contributed by atoms with van der Waals surface area (Å²) in [5.74, 6) is 2.29. The van der Waals surface area contributed by atoms with Crippen LogP contribution in [0.25, 0.3) is 0 Å². The van der Waals surface area contributed by atoms with Gasteiger partial charge in [0, 0.05) is 23.5 Å². The molecule has 0 bridgehead atoms. The molecule has 1 aliphatic heterocycles. The van der Waals surface area contributed by atoms with Gasteiger partial charge in [0.1, 0.15) is 5.76 Å². The molecule has 2 heterocycles. The van der Waals surface area contributed by atoms with Gasteiger partial charge >= 0.3 is 0 Å². The van der Waals surface area contributed by atoms with Crippen LogP contribution in [-0.2, 0) is 17.0 Å². The molecule has 0 N–H and O–H groups in total. The number of aryl methyl sites for hydroxylation is 3. The predicted molar refractivity (Wildman–Crippen MR) is 93.9 cm³/mol. The topological polar surface area (TPSA) is 46.3 Å². The highest BCUT2D eigenvalue weighted by atomic mass is 32.2. The Bertz CT molecular complexity index is 677. The SMILES string of the molecule is Cc1noc(C)c1CSCC(=O)N1CCCCc2ccccc21. The molecule has 1 amide bonds. The van der Waals surface area contributed by atoms with Crippen molar-refractivity contribution in [3.8, 4) is 0 Å². The summed E-state index contributed by atoms with van der Waals surface area (Å²) in [4.78, 5) is 14.6. The normalized spacial score (nSPS) is 14.4. The third kappa shape index (κ3) is 3.61. The number of hydrogen-bond acceptors (Lipinski definition) is 4. The van der Waals surface area contributed by atoms with Crippen LogP contribution in [0.1, 0.15) is 35.4 Å². The fourth-order valence-corrected chi connectivity index (χ4v) is 4.03. The highest BCUT2D eigenvalue weighted by Gasteiger charge is 2.21. The zero-order valence-corrected chi connectivity index (χ0v) is 14.5. The van der Waals surface area contributed by atoms with Gasteiger partial charge in [0.25, 0.3) is 0 Å². The first kappa shape index (κ1) is 16.1. The summed E-state index contributed by atoms with van der Waals surface area (Å²) in [6.07, 6.45) is 3.27. The van der Waals surface area contributed by atoms with Gasteiger partial charge in [0.2, 0.25) is 5.91 Å². The maximum atomic E-state index is 12.7. The molecule has 1 aromatic carbocycles. The van der Waals surface area contributed by atoms with Crippen LogP contribution in [0.15, 0.2) is 28.8 Å². The number of carbonyl (C=O) groups excluding carboxylic acids is 1. The van der Waals surface area contributed by atoms with Crippen LogP contribution in [0, 0.1) is 13.8 Å². The van der Waals surface area contributed by atoms with E-state index in [1.54, 1.807) is 11.8 Å². The van der Waals surface area contributed by atoms with Crippen LogP contribution >= 0.6 is 11.8 Å². The number of hydrogen-bond donors (Lipinski definition) is 0. The number of carbonyl (C=O) groups is 1. The van der Waals surface area contributed by atoms with Crippen molar-refractivity contribution < 1.29 is 9.32 Å². The average Bonchev–Trinajstić information content (AvgIpc) is 2.77. The van der Waals surface area contributed by atoms with Gasteiger partial charge in [-0.15, -0.1) is 11.8 Å². The van der Waals surface area contributed by atoms with Crippen molar-refractivity contribution in [1.82, 2.24) is 5.16 Å². The molecule has 3 rings (SSSR count). The Labute approximate surface area is 141 Å². The summed E-state index contributed by atoms with van der Waals surface area (Å²) in [5.41, 5.74) is 4.41. The van der Waals surface area contributed by atoms with E-state index in [0.29, 0.717) is 5.75 Å². The molecular weight excluding hydrogens is 308 g/mol. The van der Waals surface area contributed by atoms with E-state index >= 15 is 0 Å². The number of aromatic nitrogens is 1. The van der Waals surface area contributed by atoms with E-state index in [9.17, 15) is 4.79 Å². The van der Waals surface area contributed by atoms with Crippen molar-refractivity contribution in [2.45, 2.75) is 38.9 Å². The Morgan fingerprint density at radius 3 is 2.91 bits per heavy atom. The molecule has 122 valence electrons. The van der Waals surface area contributed by atoms with Crippen LogP contribution in [0.2, 0.25) is 0 Å². The molecule has 0 saturated heterocycles. The molecule has 0 saturated carbocycles. The molecule has 0 unspecified atom stereocenters. The van der Waals surface area contributed by atoms with Gasteiger partial charge in [-0.05, 0) is 44.7 Å². The highest BCUT2D eigenvalue weighted by Crippen LogP contribution is 2.27. The van der Waals surface area contributed by atoms with Crippen molar-refractivity contribution in [1.29, 1.82) is 0 Å². The lowest BCUT2D eigenvalue weighted by Crippen LogP contribution is -2.33. The van der Waals surface area contributed by atoms with E-state index in [-0.39, 0.29) is 5.91 Å². The minimum atomic E-state index is 0.191. The van der Waals surface area contributed by atoms with Crippen LogP contribution < -0.4 is 4.90 Å². The fourth-order valence-electron chi connectivity index (χ4n) is 2.98. The average molecular weight is 330 g/mol. The maximum absolute atomic E-state index is 12.7. The standard InChI is InChI=1S/C18H22N2O2S/c1-13-16(14(2)22-19-13)11-23-12-18(21)20-10-6-5-8-15-7-3-4-9-17(15)20/h3-4,7,9H,5-6,8,10-12H2,1-2H3. The second-order valence-corrected chi connectivity index (χ2v) is 6.91. The number of thioether (sulfide) groups is 1. The van der Waals surface area contributed by atoms with Gasteiger partial charge in [0.05, 0.1) is 11.4 Å². The van der Waals surface area contributed by atoms with E-state index < -0.39 is 0 Å². The zero-order valence-electron chi connectivity index (χ0n) is 13.7. The van der Waals surface area contributed by atoms with Crippen molar-refractivity contribution in [2.75, 3.05) is 17.2 Å². The molecule has 0 radical (unpaired) electrons. The summed E-state index contributed by atoms with van der Waals surface area (Å²) in [7, 11) is 0. The first-order valence-corrected chi connectivity index (χ1v) is 9.20. The molecular formula is C18H22N2O2S. The fraction of sp³-hybridized carbons (Fsp3) is 0.444. The second-order valence-electron chi connectivity index (χ2n) is 5.93. The van der Waals surface area contributed by atoms with Gasteiger partial charge in [-0.25, -0.2) is 0 Å². The summed E-state index contributed by atoms with van der Waals surface area (Å²) < 4.78 is 5.17. The van der Waals surface area contributed by atoms with Crippen LogP contribution in [0.5, 0.6) is 0 Å². The lowest BCUT2D eigenvalue weighted by Gasteiger charge is -2.22. The zero-order chi connectivity index (χ0) is 16.2. The molecule has 2 aromatic rings. The Hall–Kier alpha value is -1.75. The molecule has 1 aliphatic rings. The number of fused-ring (bicyclic) bond motifs is 1. The number of amides is 1. The maximum Gasteiger partial charge on any atom is 0.236 e. The lowest BCUT2D eigenvalue weighted by atomic mass is 10.1. The number of para-hydroxylation sites is 1. The molecule has 1 aromatic heterocycles. The summed E-state index contributed by atoms with van der Waals surface area (Å²) in [5, 5.41) is 3.96. The Morgan fingerprint density at radius 2 is 2.13 bits per heavy atom. The highest BCUT2D eigenvalue weighted by molar-refractivity contribution is 7.99. The van der Waals surface area contributed by atoms with Gasteiger partial charge in [0.15, 0.2) is 0 Å². The number of rotatable bonds is 4. The molecule has 23 heavy (non-hydrogen) atoms. The van der Waals surface area contributed by atoms with E-state index in [1.165, 1.54) is 5.56 Å². The van der Waals surface area contributed by atoms with Gasteiger partial charge in [-0.1, -0.05) is 23.4 Å². The Kier molecular flexibility index (Phi) is 5.06. The second kappa shape index (κ2) is 7.21. The monoisotopic (exact) mass is 330 g/mol. The quantitative estimate of drug-likeness (QED) is 0.853. The van der Waals surface area contributed by atoms with Crippen LogP contribution in [0.4, 0.5) is 5.69 Å². The van der Waals surface area contributed by atoms with E-state index in [1.807, 2.05) is 24.8 Å². The molecule has 0 spiro atoms. The van der Waals surface area contributed by atoms with E-state index in [2.05, 4.69) is 23.4 Å². The molecule has 0 fully saturated rings. The summed E-state index contributed by atoms with van der Waals surface area (Å²) in [6.45, 7) is 4.68. The molecule has 4 nitrogen and oxygen atoms in total. The number of anilines is 1. The third-order valence-electron chi connectivity index (χ3n) is 4.31. The smallest absolute Gasteiger partial charge is 0.236 e. The van der Waals surface area contributed by atoms with Crippen LogP contribution in [-0.4, -0.2) is 23.4 Å². The van der Waals surface area contributed by atoms with Crippen molar-refractivity contribution in [3.63, 3.8) is 0 Å². The molecule has 0 atom stereocenters. The third-order valence-corrected chi connectivity index (χ3v) is 5.26. The number of nitrogens with zero attached hydrogens (tertiary/aromatic N) is 2. The predicted octanol–water partition coefficient (Wildman–Crippen LogP) is 3.89. The van der Waals surface area contributed by atoms with Gasteiger partial charge < -0.3 is 9.42 Å². The minimum absolute atomic E-state index is 0.191. The van der Waals surface area contributed by atoms with E-state index in [0.717, 1.165) is 54.3 Å². The van der Waals surface area contributed by atoms with E-state index in [4.69, 9.17) is 4.52 Å². The lowest BCUT2D eigenvalue weighted by molar-refractivity contribution is -0.116. The minimum Gasteiger partial charge on any atom is -0.361 e. The summed E-state index contributed by atoms with van der Waals surface area (Å²) in [6, 6.07) is 8.27. The molecule has 0 aliphatic carbocycles.